The Bertz CT molecular complexity index is 1050. The van der Waals surface area contributed by atoms with Crippen LogP contribution in [0.15, 0.2) is 47.4 Å². The van der Waals surface area contributed by atoms with Crippen LogP contribution in [-0.4, -0.2) is 43.8 Å². The summed E-state index contributed by atoms with van der Waals surface area (Å²) in [4.78, 5) is 23.1. The Morgan fingerprint density at radius 2 is 1.93 bits per heavy atom. The molecule has 1 fully saturated rings. The van der Waals surface area contributed by atoms with E-state index in [0.717, 1.165) is 18.9 Å². The van der Waals surface area contributed by atoms with Crippen molar-refractivity contribution in [2.24, 2.45) is 5.92 Å². The number of hydrogen-bond acceptors (Lipinski definition) is 6. The maximum atomic E-state index is 12.8. The van der Waals surface area contributed by atoms with E-state index < -0.39 is 20.9 Å². The Morgan fingerprint density at radius 3 is 2.53 bits per heavy atom. The van der Waals surface area contributed by atoms with Crippen LogP contribution in [0.4, 0.5) is 11.4 Å². The molecule has 3 rings (SSSR count). The number of anilines is 1. The molecule has 0 unspecified atom stereocenters. The van der Waals surface area contributed by atoms with Gasteiger partial charge in [-0.1, -0.05) is 6.92 Å². The van der Waals surface area contributed by atoms with E-state index in [-0.39, 0.29) is 21.9 Å². The number of sulfonamides is 1. The van der Waals surface area contributed by atoms with Gasteiger partial charge in [-0.05, 0) is 55.2 Å². The highest BCUT2D eigenvalue weighted by Gasteiger charge is 2.28. The summed E-state index contributed by atoms with van der Waals surface area (Å²) < 4.78 is 32.0. The number of amides is 1. The lowest BCUT2D eigenvalue weighted by atomic mass is 10.0. The first kappa shape index (κ1) is 21.7. The lowest BCUT2D eigenvalue weighted by Gasteiger charge is -2.30. The molecule has 0 aliphatic carbocycles. The van der Waals surface area contributed by atoms with Crippen LogP contribution < -0.4 is 10.1 Å². The van der Waals surface area contributed by atoms with Crippen molar-refractivity contribution in [2.75, 3.05) is 25.5 Å². The van der Waals surface area contributed by atoms with Crippen LogP contribution >= 0.6 is 0 Å². The first-order valence-electron chi connectivity index (χ1n) is 9.46. The summed E-state index contributed by atoms with van der Waals surface area (Å²) in [6.45, 7) is 3.03. The SMILES string of the molecule is COc1ccc(C(=O)Nc2ccc(S(=O)(=O)N3CCC[C@H](C)C3)cc2)cc1[N+](=O)[O-]. The molecule has 2 aromatic carbocycles. The molecule has 1 saturated heterocycles. The van der Waals surface area contributed by atoms with Gasteiger partial charge in [0.05, 0.1) is 16.9 Å². The number of carbonyl (C=O) groups is 1. The van der Waals surface area contributed by atoms with Gasteiger partial charge in [-0.15, -0.1) is 0 Å². The van der Waals surface area contributed by atoms with E-state index in [1.54, 1.807) is 0 Å². The van der Waals surface area contributed by atoms with Gasteiger partial charge in [-0.3, -0.25) is 14.9 Å². The largest absolute Gasteiger partial charge is 0.490 e. The molecule has 0 spiro atoms. The molecule has 9 nitrogen and oxygen atoms in total. The zero-order valence-corrected chi connectivity index (χ0v) is 17.5. The summed E-state index contributed by atoms with van der Waals surface area (Å²) in [6, 6.07) is 9.78. The number of hydrogen-bond donors (Lipinski definition) is 1. The average Bonchev–Trinajstić information content (AvgIpc) is 2.73. The van der Waals surface area contributed by atoms with Crippen molar-refractivity contribution >= 4 is 27.3 Å². The maximum absolute atomic E-state index is 12.8. The number of nitro groups is 1. The van der Waals surface area contributed by atoms with Gasteiger partial charge in [-0.25, -0.2) is 8.42 Å². The predicted octanol–water partition coefficient (Wildman–Crippen LogP) is 3.28. The molecule has 1 amide bonds. The summed E-state index contributed by atoms with van der Waals surface area (Å²) in [7, 11) is -2.28. The normalized spacial score (nSPS) is 17.3. The Morgan fingerprint density at radius 1 is 1.23 bits per heavy atom. The van der Waals surface area contributed by atoms with E-state index >= 15 is 0 Å². The molecule has 1 N–H and O–H groups in total. The van der Waals surface area contributed by atoms with E-state index in [9.17, 15) is 23.3 Å². The Kier molecular flexibility index (Phi) is 6.37. The summed E-state index contributed by atoms with van der Waals surface area (Å²) in [5.41, 5.74) is 0.147. The molecule has 0 bridgehead atoms. The molecule has 1 atom stereocenters. The van der Waals surface area contributed by atoms with Crippen molar-refractivity contribution in [3.05, 3.63) is 58.1 Å². The number of rotatable bonds is 6. The van der Waals surface area contributed by atoms with Crippen LogP contribution in [0.3, 0.4) is 0 Å². The van der Waals surface area contributed by atoms with Crippen molar-refractivity contribution in [3.63, 3.8) is 0 Å². The maximum Gasteiger partial charge on any atom is 0.311 e. The van der Waals surface area contributed by atoms with Crippen molar-refractivity contribution < 1.29 is 22.9 Å². The molecule has 160 valence electrons. The number of nitrogens with zero attached hydrogens (tertiary/aromatic N) is 2. The Hall–Kier alpha value is -2.98. The van der Waals surface area contributed by atoms with Crippen LogP contribution in [0.2, 0.25) is 0 Å². The molecule has 10 heteroatoms. The highest BCUT2D eigenvalue weighted by Crippen LogP contribution is 2.28. The van der Waals surface area contributed by atoms with Crippen LogP contribution in [0.1, 0.15) is 30.1 Å². The number of carbonyl (C=O) groups excluding carboxylic acids is 1. The van der Waals surface area contributed by atoms with E-state index in [1.165, 1.54) is 47.8 Å². The molecular weight excluding hydrogens is 410 g/mol. The second-order valence-corrected chi connectivity index (χ2v) is 9.17. The molecule has 30 heavy (non-hydrogen) atoms. The van der Waals surface area contributed by atoms with Crippen molar-refractivity contribution in [2.45, 2.75) is 24.7 Å². The number of benzene rings is 2. The van der Waals surface area contributed by atoms with Crippen LogP contribution in [-0.2, 0) is 10.0 Å². The molecular formula is C20H23N3O6S. The minimum Gasteiger partial charge on any atom is -0.490 e. The molecule has 2 aromatic rings. The molecule has 1 aliphatic heterocycles. The summed E-state index contributed by atoms with van der Waals surface area (Å²) >= 11 is 0. The molecule has 0 saturated carbocycles. The van der Waals surface area contributed by atoms with Crippen molar-refractivity contribution in [3.8, 4) is 5.75 Å². The van der Waals surface area contributed by atoms with E-state index in [0.29, 0.717) is 24.7 Å². The Balaban J connectivity index is 1.75. The van der Waals surface area contributed by atoms with Crippen LogP contribution in [0.25, 0.3) is 0 Å². The molecule has 0 aromatic heterocycles. The van der Waals surface area contributed by atoms with Gasteiger partial charge in [0.15, 0.2) is 5.75 Å². The van der Waals surface area contributed by atoms with Gasteiger partial charge in [0, 0.05) is 30.4 Å². The standard InChI is InChI=1S/C20H23N3O6S/c1-14-4-3-11-22(13-14)30(27,28)17-8-6-16(7-9-17)21-20(24)15-5-10-19(29-2)18(12-15)23(25)26/h5-10,12,14H,3-4,11,13H2,1-2H3,(H,21,24)/t14-/m0/s1. The van der Waals surface area contributed by atoms with Gasteiger partial charge < -0.3 is 10.1 Å². The average molecular weight is 433 g/mol. The van der Waals surface area contributed by atoms with Crippen LogP contribution in [0.5, 0.6) is 5.75 Å². The quantitative estimate of drug-likeness (QED) is 0.552. The lowest BCUT2D eigenvalue weighted by Crippen LogP contribution is -2.39. The second-order valence-electron chi connectivity index (χ2n) is 7.23. The van der Waals surface area contributed by atoms with Crippen LogP contribution in [0, 0.1) is 16.0 Å². The molecule has 1 heterocycles. The van der Waals surface area contributed by atoms with Crippen molar-refractivity contribution in [1.82, 2.24) is 4.31 Å². The second kappa shape index (κ2) is 8.80. The van der Waals surface area contributed by atoms with E-state index in [1.807, 2.05) is 6.92 Å². The van der Waals surface area contributed by atoms with Gasteiger partial charge in [0.1, 0.15) is 0 Å². The smallest absolute Gasteiger partial charge is 0.311 e. The summed E-state index contributed by atoms with van der Waals surface area (Å²) in [5, 5.41) is 13.7. The van der Waals surface area contributed by atoms with Gasteiger partial charge >= 0.3 is 5.69 Å². The topological polar surface area (TPSA) is 119 Å². The highest BCUT2D eigenvalue weighted by molar-refractivity contribution is 7.89. The zero-order chi connectivity index (χ0) is 21.9. The van der Waals surface area contributed by atoms with Crippen molar-refractivity contribution in [1.29, 1.82) is 0 Å². The third-order valence-corrected chi connectivity index (χ3v) is 6.89. The number of nitrogens with one attached hydrogen (secondary N) is 1. The fourth-order valence-electron chi connectivity index (χ4n) is 3.40. The monoisotopic (exact) mass is 433 g/mol. The number of ether oxygens (including phenoxy) is 1. The minimum absolute atomic E-state index is 0.0538. The predicted molar refractivity (Wildman–Crippen MR) is 111 cm³/mol. The number of piperidine rings is 1. The fourth-order valence-corrected chi connectivity index (χ4v) is 5.00. The van der Waals surface area contributed by atoms with Gasteiger partial charge in [0.2, 0.25) is 10.0 Å². The first-order chi connectivity index (χ1) is 14.2. The molecule has 1 aliphatic rings. The zero-order valence-electron chi connectivity index (χ0n) is 16.7. The minimum atomic E-state index is -3.58. The number of methoxy groups -OCH3 is 1. The van der Waals surface area contributed by atoms with Gasteiger partial charge in [-0.2, -0.15) is 4.31 Å². The third kappa shape index (κ3) is 4.60. The Labute approximate surface area is 174 Å². The summed E-state index contributed by atoms with van der Waals surface area (Å²) in [6.07, 6.45) is 1.85. The highest BCUT2D eigenvalue weighted by atomic mass is 32.2. The first-order valence-corrected chi connectivity index (χ1v) is 10.9. The molecule has 0 radical (unpaired) electrons. The van der Waals surface area contributed by atoms with E-state index in [4.69, 9.17) is 4.74 Å². The fraction of sp³-hybridized carbons (Fsp3) is 0.350. The lowest BCUT2D eigenvalue weighted by molar-refractivity contribution is -0.385. The third-order valence-electron chi connectivity index (χ3n) is 5.01. The van der Waals surface area contributed by atoms with Gasteiger partial charge in [0.25, 0.3) is 5.91 Å². The summed E-state index contributed by atoms with van der Waals surface area (Å²) in [5.74, 6) is -0.181. The number of nitro benzene ring substituents is 1. The van der Waals surface area contributed by atoms with E-state index in [2.05, 4.69) is 5.32 Å².